The lowest BCUT2D eigenvalue weighted by atomic mass is 9.93. The van der Waals surface area contributed by atoms with Gasteiger partial charge in [0.05, 0.1) is 13.2 Å². The molecule has 4 rings (SSSR count). The third kappa shape index (κ3) is 5.02. The molecule has 2 heterocycles. The summed E-state index contributed by atoms with van der Waals surface area (Å²) in [5.74, 6) is 1.30. The number of nitrogens with one attached hydrogen (secondary N) is 1. The third-order valence-electron chi connectivity index (χ3n) is 5.73. The number of carbonyl (C=O) groups excluding carboxylic acids is 1. The average Bonchev–Trinajstić information content (AvgIpc) is 2.83. The number of benzene rings is 2. The average molecular weight is 417 g/mol. The molecule has 0 radical (unpaired) electrons. The van der Waals surface area contributed by atoms with E-state index in [2.05, 4.69) is 44.5 Å². The highest BCUT2D eigenvalue weighted by atomic mass is 16.5. The van der Waals surface area contributed by atoms with Gasteiger partial charge in [0.25, 0.3) is 0 Å². The van der Waals surface area contributed by atoms with Crippen molar-refractivity contribution in [3.8, 4) is 5.88 Å². The van der Waals surface area contributed by atoms with Gasteiger partial charge in [0, 0.05) is 30.8 Å². The van der Waals surface area contributed by atoms with Crippen LogP contribution in [0.25, 0.3) is 0 Å². The predicted molar refractivity (Wildman–Crippen MR) is 121 cm³/mol. The van der Waals surface area contributed by atoms with Gasteiger partial charge in [0.2, 0.25) is 17.7 Å². The first kappa shape index (κ1) is 20.8. The molecule has 3 aromatic rings. The van der Waals surface area contributed by atoms with Gasteiger partial charge < -0.3 is 15.0 Å². The molecule has 1 aliphatic heterocycles. The highest BCUT2D eigenvalue weighted by molar-refractivity contribution is 5.80. The minimum atomic E-state index is -0.155. The van der Waals surface area contributed by atoms with Crippen molar-refractivity contribution in [1.29, 1.82) is 0 Å². The van der Waals surface area contributed by atoms with Crippen molar-refractivity contribution in [3.05, 3.63) is 83.6 Å². The molecule has 1 aromatic heterocycles. The lowest BCUT2D eigenvalue weighted by molar-refractivity contribution is -0.126. The van der Waals surface area contributed by atoms with E-state index in [1.165, 1.54) is 0 Å². The lowest BCUT2D eigenvalue weighted by Crippen LogP contribution is -2.42. The Morgan fingerprint density at radius 2 is 1.58 bits per heavy atom. The molecular formula is C25H28N4O2. The van der Waals surface area contributed by atoms with Crippen LogP contribution in [0.2, 0.25) is 0 Å². The van der Waals surface area contributed by atoms with Crippen molar-refractivity contribution >= 4 is 11.9 Å². The fourth-order valence-corrected chi connectivity index (χ4v) is 4.02. The lowest BCUT2D eigenvalue weighted by Gasteiger charge is -2.32. The van der Waals surface area contributed by atoms with Gasteiger partial charge in [-0.3, -0.25) is 4.79 Å². The molecule has 1 amide bonds. The van der Waals surface area contributed by atoms with E-state index in [0.29, 0.717) is 11.8 Å². The molecule has 6 nitrogen and oxygen atoms in total. The van der Waals surface area contributed by atoms with Gasteiger partial charge in [-0.25, -0.2) is 4.98 Å². The predicted octanol–water partition coefficient (Wildman–Crippen LogP) is 3.92. The normalized spacial score (nSPS) is 14.5. The van der Waals surface area contributed by atoms with Crippen LogP contribution in [-0.4, -0.2) is 36.1 Å². The number of nitrogens with zero attached hydrogens (tertiary/aromatic N) is 3. The molecule has 2 aromatic carbocycles. The minimum Gasteiger partial charge on any atom is -0.481 e. The zero-order valence-corrected chi connectivity index (χ0v) is 18.0. The number of piperidine rings is 1. The summed E-state index contributed by atoms with van der Waals surface area (Å²) >= 11 is 0. The summed E-state index contributed by atoms with van der Waals surface area (Å²) in [6.45, 7) is 3.42. The van der Waals surface area contributed by atoms with Gasteiger partial charge in [0.1, 0.15) is 0 Å². The van der Waals surface area contributed by atoms with Crippen LogP contribution in [0.4, 0.5) is 5.95 Å². The summed E-state index contributed by atoms with van der Waals surface area (Å²) in [7, 11) is 1.61. The van der Waals surface area contributed by atoms with Crippen LogP contribution >= 0.6 is 0 Å². The fraction of sp³-hybridized carbons (Fsp3) is 0.320. The highest BCUT2D eigenvalue weighted by Gasteiger charge is 2.28. The summed E-state index contributed by atoms with van der Waals surface area (Å²) in [6, 6.07) is 21.9. The number of hydrogen-bond donors (Lipinski definition) is 1. The quantitative estimate of drug-likeness (QED) is 0.660. The monoisotopic (exact) mass is 416 g/mol. The van der Waals surface area contributed by atoms with Crippen molar-refractivity contribution in [2.24, 2.45) is 5.92 Å². The number of anilines is 1. The van der Waals surface area contributed by atoms with Gasteiger partial charge in [-0.05, 0) is 30.9 Å². The standard InChI is InChI=1S/C25H28N4O2/c1-18-17-22(31-2)27-25(26-18)29-15-13-21(14-16-29)24(30)28-23(19-9-5-3-6-10-19)20-11-7-4-8-12-20/h3-12,17,21,23H,13-16H2,1-2H3,(H,28,30). The number of ether oxygens (including phenoxy) is 1. The summed E-state index contributed by atoms with van der Waals surface area (Å²) in [6.07, 6.45) is 1.53. The number of aryl methyl sites for hydroxylation is 1. The summed E-state index contributed by atoms with van der Waals surface area (Å²) in [4.78, 5) is 24.3. The first-order valence-electron chi connectivity index (χ1n) is 10.7. The molecule has 1 saturated heterocycles. The first-order valence-corrected chi connectivity index (χ1v) is 10.7. The van der Waals surface area contributed by atoms with Crippen LogP contribution in [0.1, 0.15) is 35.7 Å². The number of carbonyl (C=O) groups is 1. The largest absolute Gasteiger partial charge is 0.481 e. The van der Waals surface area contributed by atoms with Gasteiger partial charge in [-0.1, -0.05) is 60.7 Å². The van der Waals surface area contributed by atoms with Gasteiger partial charge >= 0.3 is 0 Å². The molecule has 31 heavy (non-hydrogen) atoms. The Balaban J connectivity index is 1.43. The van der Waals surface area contributed by atoms with E-state index in [0.717, 1.165) is 42.8 Å². The van der Waals surface area contributed by atoms with E-state index in [9.17, 15) is 4.79 Å². The molecule has 160 valence electrons. The second-order valence-corrected chi connectivity index (χ2v) is 7.88. The van der Waals surface area contributed by atoms with Crippen LogP contribution < -0.4 is 15.0 Å². The summed E-state index contributed by atoms with van der Waals surface area (Å²) < 4.78 is 5.27. The van der Waals surface area contributed by atoms with E-state index in [4.69, 9.17) is 4.74 Å². The maximum Gasteiger partial charge on any atom is 0.228 e. The zero-order chi connectivity index (χ0) is 21.6. The second-order valence-electron chi connectivity index (χ2n) is 7.88. The van der Waals surface area contributed by atoms with Crippen molar-refractivity contribution in [2.45, 2.75) is 25.8 Å². The molecule has 0 aliphatic carbocycles. The van der Waals surface area contributed by atoms with E-state index in [1.54, 1.807) is 7.11 Å². The molecule has 0 bridgehead atoms. The number of amides is 1. The van der Waals surface area contributed by atoms with Crippen LogP contribution in [0.3, 0.4) is 0 Å². The van der Waals surface area contributed by atoms with Crippen molar-refractivity contribution in [3.63, 3.8) is 0 Å². The van der Waals surface area contributed by atoms with Crippen molar-refractivity contribution in [2.75, 3.05) is 25.1 Å². The molecule has 1 fully saturated rings. The second kappa shape index (κ2) is 9.60. The van der Waals surface area contributed by atoms with E-state index in [1.807, 2.05) is 49.4 Å². The summed E-state index contributed by atoms with van der Waals surface area (Å²) in [5, 5.41) is 3.29. The smallest absolute Gasteiger partial charge is 0.228 e. The number of aromatic nitrogens is 2. The Bertz CT molecular complexity index is 963. The van der Waals surface area contributed by atoms with Crippen LogP contribution in [-0.2, 0) is 4.79 Å². The summed E-state index contributed by atoms with van der Waals surface area (Å²) in [5.41, 5.74) is 3.04. The number of hydrogen-bond acceptors (Lipinski definition) is 5. The Hall–Kier alpha value is -3.41. The Kier molecular flexibility index (Phi) is 6.46. The minimum absolute atomic E-state index is 0.0297. The van der Waals surface area contributed by atoms with Crippen molar-refractivity contribution < 1.29 is 9.53 Å². The molecule has 0 saturated carbocycles. The van der Waals surface area contributed by atoms with E-state index in [-0.39, 0.29) is 17.9 Å². The Morgan fingerprint density at radius 3 is 2.13 bits per heavy atom. The number of rotatable bonds is 6. The van der Waals surface area contributed by atoms with Gasteiger partial charge in [-0.2, -0.15) is 4.98 Å². The number of methoxy groups -OCH3 is 1. The Morgan fingerprint density at radius 1 is 1.00 bits per heavy atom. The highest BCUT2D eigenvalue weighted by Crippen LogP contribution is 2.26. The van der Waals surface area contributed by atoms with Gasteiger partial charge in [-0.15, -0.1) is 0 Å². The van der Waals surface area contributed by atoms with Crippen LogP contribution in [0, 0.1) is 12.8 Å². The molecule has 0 spiro atoms. The van der Waals surface area contributed by atoms with Crippen LogP contribution in [0.15, 0.2) is 66.7 Å². The van der Waals surface area contributed by atoms with Crippen molar-refractivity contribution in [1.82, 2.24) is 15.3 Å². The molecular weight excluding hydrogens is 388 g/mol. The fourth-order valence-electron chi connectivity index (χ4n) is 4.02. The van der Waals surface area contributed by atoms with Crippen LogP contribution in [0.5, 0.6) is 5.88 Å². The maximum absolute atomic E-state index is 13.2. The first-order chi connectivity index (χ1) is 15.1. The van der Waals surface area contributed by atoms with E-state index >= 15 is 0 Å². The maximum atomic E-state index is 13.2. The topological polar surface area (TPSA) is 67.3 Å². The molecule has 1 aliphatic rings. The molecule has 0 unspecified atom stereocenters. The Labute approximate surface area is 183 Å². The zero-order valence-electron chi connectivity index (χ0n) is 18.0. The molecule has 6 heteroatoms. The van der Waals surface area contributed by atoms with Gasteiger partial charge in [0.15, 0.2) is 0 Å². The SMILES string of the molecule is COc1cc(C)nc(N2CCC(C(=O)NC(c3ccccc3)c3ccccc3)CC2)n1. The third-order valence-corrected chi connectivity index (χ3v) is 5.73. The molecule has 0 atom stereocenters. The van der Waals surface area contributed by atoms with E-state index < -0.39 is 0 Å². The molecule has 1 N–H and O–H groups in total.